The smallest absolute Gasteiger partial charge is 0.192 e. The SMILES string of the molecule is CC1CCC2(CN=C(N)N2C(C)C)CC1C. The minimum absolute atomic E-state index is 0.240. The van der Waals surface area contributed by atoms with Gasteiger partial charge in [-0.15, -0.1) is 0 Å². The van der Waals surface area contributed by atoms with Crippen molar-refractivity contribution in [3.05, 3.63) is 0 Å². The zero-order valence-corrected chi connectivity index (χ0v) is 11.0. The second-order valence-corrected chi connectivity index (χ2v) is 6.06. The molecule has 0 bridgehead atoms. The molecule has 2 N–H and O–H groups in total. The van der Waals surface area contributed by atoms with Crippen molar-refractivity contribution in [2.24, 2.45) is 22.6 Å². The quantitative estimate of drug-likeness (QED) is 0.740. The second kappa shape index (κ2) is 3.94. The Bertz CT molecular complexity index is 298. The number of nitrogens with zero attached hydrogens (tertiary/aromatic N) is 2. The van der Waals surface area contributed by atoms with Crippen molar-refractivity contribution >= 4 is 5.96 Å². The second-order valence-electron chi connectivity index (χ2n) is 6.06. The molecule has 2 aliphatic rings. The van der Waals surface area contributed by atoms with Gasteiger partial charge in [-0.2, -0.15) is 0 Å². The van der Waals surface area contributed by atoms with E-state index in [1.54, 1.807) is 0 Å². The minimum atomic E-state index is 0.240. The summed E-state index contributed by atoms with van der Waals surface area (Å²) < 4.78 is 0. The number of guanidine groups is 1. The van der Waals surface area contributed by atoms with Crippen LogP contribution in [0.2, 0.25) is 0 Å². The molecule has 0 saturated heterocycles. The van der Waals surface area contributed by atoms with Crippen LogP contribution in [-0.2, 0) is 0 Å². The summed E-state index contributed by atoms with van der Waals surface area (Å²) in [5, 5.41) is 0. The highest BCUT2D eigenvalue weighted by atomic mass is 15.4. The van der Waals surface area contributed by atoms with Crippen LogP contribution in [-0.4, -0.2) is 29.0 Å². The lowest BCUT2D eigenvalue weighted by Crippen LogP contribution is -2.57. The first-order valence-corrected chi connectivity index (χ1v) is 6.55. The van der Waals surface area contributed by atoms with E-state index < -0.39 is 0 Å². The van der Waals surface area contributed by atoms with E-state index in [9.17, 15) is 0 Å². The lowest BCUT2D eigenvalue weighted by atomic mass is 9.70. The fourth-order valence-electron chi connectivity index (χ4n) is 3.48. The van der Waals surface area contributed by atoms with Crippen molar-refractivity contribution in [3.8, 4) is 0 Å². The van der Waals surface area contributed by atoms with E-state index in [2.05, 4.69) is 37.6 Å². The zero-order valence-electron chi connectivity index (χ0n) is 11.0. The minimum Gasteiger partial charge on any atom is -0.370 e. The predicted octanol–water partition coefficient (Wildman–Crippen LogP) is 2.22. The van der Waals surface area contributed by atoms with Gasteiger partial charge in [0, 0.05) is 6.04 Å². The summed E-state index contributed by atoms with van der Waals surface area (Å²) in [7, 11) is 0. The summed E-state index contributed by atoms with van der Waals surface area (Å²) in [6, 6.07) is 0.465. The molecule has 1 aliphatic heterocycles. The largest absolute Gasteiger partial charge is 0.370 e. The van der Waals surface area contributed by atoms with Gasteiger partial charge in [0.2, 0.25) is 0 Å². The molecule has 1 fully saturated rings. The summed E-state index contributed by atoms with van der Waals surface area (Å²) in [5.41, 5.74) is 6.28. The molecule has 16 heavy (non-hydrogen) atoms. The number of aliphatic imine (C=N–C) groups is 1. The summed E-state index contributed by atoms with van der Waals surface area (Å²) in [6.07, 6.45) is 3.81. The highest BCUT2D eigenvalue weighted by Gasteiger charge is 2.47. The summed E-state index contributed by atoms with van der Waals surface area (Å²) >= 11 is 0. The Morgan fingerprint density at radius 1 is 1.38 bits per heavy atom. The van der Waals surface area contributed by atoms with E-state index in [0.717, 1.165) is 24.3 Å². The molecule has 0 radical (unpaired) electrons. The Labute approximate surface area is 99.1 Å². The molecule has 0 amide bonds. The van der Waals surface area contributed by atoms with Crippen molar-refractivity contribution in [2.45, 2.75) is 58.5 Å². The monoisotopic (exact) mass is 223 g/mol. The maximum Gasteiger partial charge on any atom is 0.192 e. The number of hydrogen-bond acceptors (Lipinski definition) is 3. The molecule has 3 heteroatoms. The van der Waals surface area contributed by atoms with E-state index in [1.807, 2.05) is 0 Å². The first-order valence-electron chi connectivity index (χ1n) is 6.55. The van der Waals surface area contributed by atoms with Gasteiger partial charge in [0.15, 0.2) is 5.96 Å². The zero-order chi connectivity index (χ0) is 11.9. The first kappa shape index (κ1) is 11.7. The Morgan fingerprint density at radius 2 is 2.06 bits per heavy atom. The predicted molar refractivity (Wildman–Crippen MR) is 68.4 cm³/mol. The fraction of sp³-hybridized carbons (Fsp3) is 0.923. The van der Waals surface area contributed by atoms with Gasteiger partial charge >= 0.3 is 0 Å². The van der Waals surface area contributed by atoms with Crippen LogP contribution in [0.1, 0.15) is 47.0 Å². The van der Waals surface area contributed by atoms with Gasteiger partial charge in [-0.3, -0.25) is 4.99 Å². The van der Waals surface area contributed by atoms with E-state index in [-0.39, 0.29) is 5.54 Å². The molecular weight excluding hydrogens is 198 g/mol. The average Bonchev–Trinajstić information content (AvgIpc) is 2.51. The van der Waals surface area contributed by atoms with Gasteiger partial charge in [-0.05, 0) is 44.9 Å². The maximum atomic E-state index is 6.04. The first-order chi connectivity index (χ1) is 7.46. The Balaban J connectivity index is 2.20. The van der Waals surface area contributed by atoms with Crippen LogP contribution in [0.15, 0.2) is 4.99 Å². The van der Waals surface area contributed by atoms with Crippen LogP contribution in [0.3, 0.4) is 0 Å². The molecule has 1 aliphatic carbocycles. The van der Waals surface area contributed by atoms with Gasteiger partial charge in [-0.1, -0.05) is 13.8 Å². The third-order valence-electron chi connectivity index (χ3n) is 4.55. The van der Waals surface area contributed by atoms with Crippen LogP contribution in [0.4, 0.5) is 0 Å². The summed E-state index contributed by atoms with van der Waals surface area (Å²) in [4.78, 5) is 6.87. The lowest BCUT2D eigenvalue weighted by Gasteiger charge is -2.48. The van der Waals surface area contributed by atoms with Crippen LogP contribution in [0.25, 0.3) is 0 Å². The van der Waals surface area contributed by atoms with E-state index in [0.29, 0.717) is 6.04 Å². The van der Waals surface area contributed by atoms with E-state index in [4.69, 9.17) is 5.73 Å². The van der Waals surface area contributed by atoms with Crippen molar-refractivity contribution in [3.63, 3.8) is 0 Å². The molecule has 3 nitrogen and oxygen atoms in total. The Hall–Kier alpha value is -0.730. The molecule has 0 aromatic heterocycles. The van der Waals surface area contributed by atoms with Crippen molar-refractivity contribution in [1.29, 1.82) is 0 Å². The van der Waals surface area contributed by atoms with Crippen LogP contribution >= 0.6 is 0 Å². The summed E-state index contributed by atoms with van der Waals surface area (Å²) in [6.45, 7) is 10.1. The van der Waals surface area contributed by atoms with Gasteiger partial charge < -0.3 is 10.6 Å². The normalized spacial score (nSPS) is 39.6. The van der Waals surface area contributed by atoms with Crippen LogP contribution in [0.5, 0.6) is 0 Å². The molecule has 3 atom stereocenters. The van der Waals surface area contributed by atoms with Gasteiger partial charge in [0.1, 0.15) is 0 Å². The highest BCUT2D eigenvalue weighted by molar-refractivity contribution is 5.81. The number of hydrogen-bond donors (Lipinski definition) is 1. The highest BCUT2D eigenvalue weighted by Crippen LogP contribution is 2.42. The molecule has 2 rings (SSSR count). The standard InChI is InChI=1S/C13H25N3/c1-9(2)16-12(14)15-8-13(16)6-5-10(3)11(4)7-13/h9-11H,5-8H2,1-4H3,(H2,14,15). The number of nitrogens with two attached hydrogens (primary N) is 1. The third-order valence-corrected chi connectivity index (χ3v) is 4.55. The Morgan fingerprint density at radius 3 is 2.62 bits per heavy atom. The molecule has 1 spiro atoms. The molecule has 1 saturated carbocycles. The van der Waals surface area contributed by atoms with Crippen LogP contribution < -0.4 is 5.73 Å². The molecule has 0 aromatic carbocycles. The maximum absolute atomic E-state index is 6.04. The van der Waals surface area contributed by atoms with Gasteiger partial charge in [0.05, 0.1) is 12.1 Å². The van der Waals surface area contributed by atoms with Crippen molar-refractivity contribution in [1.82, 2.24) is 4.90 Å². The van der Waals surface area contributed by atoms with E-state index >= 15 is 0 Å². The summed E-state index contributed by atoms with van der Waals surface area (Å²) in [5.74, 6) is 2.40. The van der Waals surface area contributed by atoms with E-state index in [1.165, 1.54) is 19.3 Å². The molecule has 1 heterocycles. The molecule has 3 unspecified atom stereocenters. The van der Waals surface area contributed by atoms with Crippen molar-refractivity contribution in [2.75, 3.05) is 6.54 Å². The Kier molecular flexibility index (Phi) is 2.89. The van der Waals surface area contributed by atoms with Gasteiger partial charge in [-0.25, -0.2) is 0 Å². The fourth-order valence-corrected chi connectivity index (χ4v) is 3.48. The lowest BCUT2D eigenvalue weighted by molar-refractivity contribution is 0.0664. The van der Waals surface area contributed by atoms with Gasteiger partial charge in [0.25, 0.3) is 0 Å². The average molecular weight is 223 g/mol. The molecule has 0 aromatic rings. The van der Waals surface area contributed by atoms with Crippen LogP contribution in [0, 0.1) is 11.8 Å². The topological polar surface area (TPSA) is 41.6 Å². The number of rotatable bonds is 1. The van der Waals surface area contributed by atoms with Crippen molar-refractivity contribution < 1.29 is 0 Å². The molecule has 92 valence electrons. The molecular formula is C13H25N3. The third kappa shape index (κ3) is 1.70.